The summed E-state index contributed by atoms with van der Waals surface area (Å²) < 4.78 is 5.44. The molecule has 0 aliphatic carbocycles. The fourth-order valence-electron chi connectivity index (χ4n) is 2.40. The van der Waals surface area contributed by atoms with E-state index in [1.807, 2.05) is 66.7 Å². The van der Waals surface area contributed by atoms with Crippen molar-refractivity contribution in [2.75, 3.05) is 13.2 Å². The van der Waals surface area contributed by atoms with Gasteiger partial charge in [-0.25, -0.2) is 4.79 Å². The zero-order valence-corrected chi connectivity index (χ0v) is 13.9. The Balaban J connectivity index is 2.03. The molecule has 126 valence electrons. The van der Waals surface area contributed by atoms with Gasteiger partial charge in [0.2, 0.25) is 0 Å². The average molecular weight is 324 g/mol. The van der Waals surface area contributed by atoms with Crippen molar-refractivity contribution in [2.24, 2.45) is 0 Å². The number of hydrogen-bond donors (Lipinski definition) is 1. The Kier molecular flexibility index (Phi) is 7.78. The molecule has 0 saturated carbocycles. The molecule has 0 radical (unpaired) electrons. The molecule has 24 heavy (non-hydrogen) atoms. The van der Waals surface area contributed by atoms with E-state index in [2.05, 4.69) is 0 Å². The van der Waals surface area contributed by atoms with Crippen LogP contribution in [0.4, 0.5) is 0 Å². The van der Waals surface area contributed by atoms with Gasteiger partial charge in [0.05, 0.1) is 12.2 Å². The Morgan fingerprint density at radius 3 is 2.17 bits per heavy atom. The van der Waals surface area contributed by atoms with Crippen LogP contribution in [-0.2, 0) is 9.53 Å². The van der Waals surface area contributed by atoms with Gasteiger partial charge in [-0.3, -0.25) is 0 Å². The maximum absolute atomic E-state index is 12.5. The molecule has 0 aromatic heterocycles. The number of rotatable bonds is 9. The van der Waals surface area contributed by atoms with E-state index in [4.69, 9.17) is 9.84 Å². The first kappa shape index (κ1) is 18.0. The standard InChI is InChI=1S/C21H24O3/c22-15-9-1-2-10-16-24-21(23)20(19-13-7-4-8-14-19)17-18-11-5-3-6-12-18/h3-8,11-14,17,22H,1-2,9-10,15-16H2/b20-17-. The summed E-state index contributed by atoms with van der Waals surface area (Å²) in [7, 11) is 0. The monoisotopic (exact) mass is 324 g/mol. The van der Waals surface area contributed by atoms with E-state index in [9.17, 15) is 4.79 Å². The number of aliphatic hydroxyl groups excluding tert-OH is 1. The minimum atomic E-state index is -0.299. The zero-order valence-electron chi connectivity index (χ0n) is 13.9. The van der Waals surface area contributed by atoms with Crippen LogP contribution in [0.1, 0.15) is 36.8 Å². The minimum absolute atomic E-state index is 0.220. The molecular formula is C21H24O3. The molecule has 0 fully saturated rings. The van der Waals surface area contributed by atoms with Crippen LogP contribution in [-0.4, -0.2) is 24.3 Å². The molecule has 3 heteroatoms. The quantitative estimate of drug-likeness (QED) is 0.323. The van der Waals surface area contributed by atoms with Gasteiger partial charge in [-0.15, -0.1) is 0 Å². The van der Waals surface area contributed by atoms with Gasteiger partial charge < -0.3 is 9.84 Å². The molecule has 0 bridgehead atoms. The SMILES string of the molecule is O=C(OCCCCCCO)/C(=C\c1ccccc1)c1ccccc1. The first-order valence-electron chi connectivity index (χ1n) is 8.41. The average Bonchev–Trinajstić information content (AvgIpc) is 2.64. The second-order valence-corrected chi connectivity index (χ2v) is 5.61. The van der Waals surface area contributed by atoms with Gasteiger partial charge in [-0.05, 0) is 36.5 Å². The van der Waals surface area contributed by atoms with Crippen LogP contribution in [0.25, 0.3) is 11.6 Å². The van der Waals surface area contributed by atoms with Crippen LogP contribution in [0.5, 0.6) is 0 Å². The number of carbonyl (C=O) groups is 1. The molecule has 0 amide bonds. The number of aliphatic hydroxyl groups is 1. The zero-order chi connectivity index (χ0) is 17.0. The largest absolute Gasteiger partial charge is 0.462 e. The summed E-state index contributed by atoms with van der Waals surface area (Å²) in [6.45, 7) is 0.626. The van der Waals surface area contributed by atoms with Crippen molar-refractivity contribution in [3.63, 3.8) is 0 Å². The lowest BCUT2D eigenvalue weighted by molar-refractivity contribution is -0.136. The van der Waals surface area contributed by atoms with Gasteiger partial charge >= 0.3 is 5.97 Å². The number of benzene rings is 2. The van der Waals surface area contributed by atoms with Crippen molar-refractivity contribution in [3.05, 3.63) is 71.8 Å². The van der Waals surface area contributed by atoms with Crippen LogP contribution in [0.15, 0.2) is 60.7 Å². The van der Waals surface area contributed by atoms with Crippen LogP contribution in [0, 0.1) is 0 Å². The highest BCUT2D eigenvalue weighted by atomic mass is 16.5. The highest BCUT2D eigenvalue weighted by Crippen LogP contribution is 2.20. The number of esters is 1. The Bertz CT molecular complexity index is 633. The van der Waals surface area contributed by atoms with Gasteiger partial charge in [0.1, 0.15) is 0 Å². The summed E-state index contributed by atoms with van der Waals surface area (Å²) in [5.41, 5.74) is 2.39. The van der Waals surface area contributed by atoms with Crippen molar-refractivity contribution in [2.45, 2.75) is 25.7 Å². The molecule has 0 atom stereocenters. The van der Waals surface area contributed by atoms with Crippen LogP contribution in [0.2, 0.25) is 0 Å². The third-order valence-corrected chi connectivity index (χ3v) is 3.70. The predicted octanol–water partition coefficient (Wildman–Crippen LogP) is 4.32. The highest BCUT2D eigenvalue weighted by molar-refractivity contribution is 6.21. The molecule has 0 spiro atoms. The summed E-state index contributed by atoms with van der Waals surface area (Å²) in [4.78, 5) is 12.5. The maximum atomic E-state index is 12.5. The first-order valence-corrected chi connectivity index (χ1v) is 8.41. The summed E-state index contributed by atoms with van der Waals surface area (Å²) >= 11 is 0. The van der Waals surface area contributed by atoms with E-state index in [1.165, 1.54) is 0 Å². The fraction of sp³-hybridized carbons (Fsp3) is 0.286. The minimum Gasteiger partial charge on any atom is -0.462 e. The second kappa shape index (κ2) is 10.4. The van der Waals surface area contributed by atoms with Crippen molar-refractivity contribution < 1.29 is 14.6 Å². The molecule has 0 unspecified atom stereocenters. The molecule has 1 N–H and O–H groups in total. The molecule has 0 aliphatic rings. The van der Waals surface area contributed by atoms with Crippen LogP contribution in [0.3, 0.4) is 0 Å². The van der Waals surface area contributed by atoms with Gasteiger partial charge in [0, 0.05) is 6.61 Å². The van der Waals surface area contributed by atoms with Gasteiger partial charge in [-0.1, -0.05) is 67.1 Å². The fourth-order valence-corrected chi connectivity index (χ4v) is 2.40. The molecular weight excluding hydrogens is 300 g/mol. The Morgan fingerprint density at radius 2 is 1.50 bits per heavy atom. The number of unbranched alkanes of at least 4 members (excludes halogenated alkanes) is 3. The Morgan fingerprint density at radius 1 is 0.875 bits per heavy atom. The Hall–Kier alpha value is -2.39. The van der Waals surface area contributed by atoms with E-state index in [-0.39, 0.29) is 12.6 Å². The van der Waals surface area contributed by atoms with Gasteiger partial charge in [0.15, 0.2) is 0 Å². The molecule has 3 nitrogen and oxygen atoms in total. The molecule has 0 heterocycles. The van der Waals surface area contributed by atoms with E-state index in [0.717, 1.165) is 36.8 Å². The predicted molar refractivity (Wildman–Crippen MR) is 97.3 cm³/mol. The molecule has 0 saturated heterocycles. The van der Waals surface area contributed by atoms with Gasteiger partial charge in [-0.2, -0.15) is 0 Å². The molecule has 2 aromatic rings. The van der Waals surface area contributed by atoms with Crippen molar-refractivity contribution in [1.82, 2.24) is 0 Å². The molecule has 2 rings (SSSR count). The van der Waals surface area contributed by atoms with Gasteiger partial charge in [0.25, 0.3) is 0 Å². The summed E-state index contributed by atoms with van der Waals surface area (Å²) in [5.74, 6) is -0.299. The van der Waals surface area contributed by atoms with E-state index in [0.29, 0.717) is 12.2 Å². The Labute approximate surface area is 143 Å². The molecule has 0 aliphatic heterocycles. The van der Waals surface area contributed by atoms with E-state index in [1.54, 1.807) is 0 Å². The van der Waals surface area contributed by atoms with E-state index < -0.39 is 0 Å². The summed E-state index contributed by atoms with van der Waals surface area (Å²) in [6.07, 6.45) is 5.40. The van der Waals surface area contributed by atoms with Crippen LogP contribution < -0.4 is 0 Å². The second-order valence-electron chi connectivity index (χ2n) is 5.61. The first-order chi connectivity index (χ1) is 11.8. The third-order valence-electron chi connectivity index (χ3n) is 3.70. The number of carbonyl (C=O) groups excluding carboxylic acids is 1. The summed E-state index contributed by atoms with van der Waals surface area (Å²) in [5, 5.41) is 8.76. The van der Waals surface area contributed by atoms with Crippen molar-refractivity contribution in [1.29, 1.82) is 0 Å². The number of ether oxygens (including phenoxy) is 1. The lowest BCUT2D eigenvalue weighted by atomic mass is 10.0. The lowest BCUT2D eigenvalue weighted by Gasteiger charge is -2.09. The van der Waals surface area contributed by atoms with Crippen molar-refractivity contribution in [3.8, 4) is 0 Å². The normalized spacial score (nSPS) is 11.3. The third kappa shape index (κ3) is 6.01. The van der Waals surface area contributed by atoms with Crippen LogP contribution >= 0.6 is 0 Å². The highest BCUT2D eigenvalue weighted by Gasteiger charge is 2.13. The summed E-state index contributed by atoms with van der Waals surface area (Å²) in [6, 6.07) is 19.3. The van der Waals surface area contributed by atoms with E-state index >= 15 is 0 Å². The smallest absolute Gasteiger partial charge is 0.338 e. The molecule has 2 aromatic carbocycles. The lowest BCUT2D eigenvalue weighted by Crippen LogP contribution is -2.08. The maximum Gasteiger partial charge on any atom is 0.338 e. The van der Waals surface area contributed by atoms with Crippen molar-refractivity contribution >= 4 is 17.6 Å². The number of hydrogen-bond acceptors (Lipinski definition) is 3. The topological polar surface area (TPSA) is 46.5 Å².